The van der Waals surface area contributed by atoms with E-state index in [-0.39, 0.29) is 12.2 Å². The van der Waals surface area contributed by atoms with Crippen LogP contribution >= 0.6 is 23.2 Å². The van der Waals surface area contributed by atoms with Gasteiger partial charge in [-0.15, -0.1) is 0 Å². The summed E-state index contributed by atoms with van der Waals surface area (Å²) in [6.07, 6.45) is -0.847. The number of hydrogen-bond donors (Lipinski definition) is 1. The van der Waals surface area contributed by atoms with E-state index in [2.05, 4.69) is 0 Å². The van der Waals surface area contributed by atoms with Crippen LogP contribution < -0.4 is 4.74 Å². The van der Waals surface area contributed by atoms with Crippen LogP contribution in [0.1, 0.15) is 18.6 Å². The van der Waals surface area contributed by atoms with Crippen molar-refractivity contribution in [1.82, 2.24) is 0 Å². The van der Waals surface area contributed by atoms with Gasteiger partial charge >= 0.3 is 0 Å². The molecule has 88 valence electrons. The average Bonchev–Trinajstić information content (AvgIpc) is 2.25. The molecule has 2 nitrogen and oxygen atoms in total. The molecule has 0 heterocycles. The molecular formula is C11H11Cl2FO2. The van der Waals surface area contributed by atoms with Gasteiger partial charge in [-0.2, -0.15) is 0 Å². The van der Waals surface area contributed by atoms with Gasteiger partial charge < -0.3 is 9.84 Å². The van der Waals surface area contributed by atoms with E-state index in [0.29, 0.717) is 10.8 Å². The van der Waals surface area contributed by atoms with Gasteiger partial charge in [0.15, 0.2) is 0 Å². The zero-order valence-corrected chi connectivity index (χ0v) is 10.1. The summed E-state index contributed by atoms with van der Waals surface area (Å²) in [5.41, 5.74) is 1.41. The van der Waals surface area contributed by atoms with Gasteiger partial charge in [0, 0.05) is 17.2 Å². The number of aliphatic hydroxyl groups is 1. The molecular weight excluding hydrogens is 254 g/mol. The third kappa shape index (κ3) is 3.67. The first-order valence-electron chi connectivity index (χ1n) is 4.59. The summed E-state index contributed by atoms with van der Waals surface area (Å²) in [4.78, 5) is 0. The lowest BCUT2D eigenvalue weighted by molar-refractivity contribution is 0.194. The maximum Gasteiger partial charge on any atom is 0.132 e. The summed E-state index contributed by atoms with van der Waals surface area (Å²) >= 11 is 10.9. The number of benzene rings is 1. The molecule has 1 aromatic rings. The summed E-state index contributed by atoms with van der Waals surface area (Å²) < 4.78 is 18.6. The monoisotopic (exact) mass is 264 g/mol. The van der Waals surface area contributed by atoms with E-state index in [1.807, 2.05) is 0 Å². The van der Waals surface area contributed by atoms with Crippen molar-refractivity contribution in [3.8, 4) is 5.75 Å². The summed E-state index contributed by atoms with van der Waals surface area (Å²) in [6.45, 7) is 1.57. The number of rotatable bonds is 4. The lowest BCUT2D eigenvalue weighted by Gasteiger charge is -2.09. The van der Waals surface area contributed by atoms with Gasteiger partial charge in [-0.25, -0.2) is 4.39 Å². The first kappa shape index (κ1) is 13.3. The third-order valence-corrected chi connectivity index (χ3v) is 2.51. The van der Waals surface area contributed by atoms with Crippen LogP contribution in [-0.4, -0.2) is 11.7 Å². The zero-order valence-electron chi connectivity index (χ0n) is 8.58. The Balaban J connectivity index is 2.74. The molecule has 0 bridgehead atoms. The second-order valence-corrected chi connectivity index (χ2v) is 3.91. The van der Waals surface area contributed by atoms with Crippen molar-refractivity contribution in [2.24, 2.45) is 0 Å². The first-order valence-corrected chi connectivity index (χ1v) is 5.41. The molecule has 0 aliphatic rings. The quantitative estimate of drug-likeness (QED) is 0.901. The van der Waals surface area contributed by atoms with Crippen molar-refractivity contribution in [3.05, 3.63) is 40.1 Å². The standard InChI is InChI=1S/C11H11Cl2FO2/c1-7(15)10-3-2-9(4-11(10)14)16-6-8(13)5-12/h2-5,7,15H,6H2,1H3/b8-5-/t7-/m0/s1. The fourth-order valence-electron chi connectivity index (χ4n) is 1.12. The number of hydrogen-bond acceptors (Lipinski definition) is 2. The van der Waals surface area contributed by atoms with Crippen molar-refractivity contribution in [2.75, 3.05) is 6.61 Å². The van der Waals surface area contributed by atoms with Crippen LogP contribution in [0, 0.1) is 5.82 Å². The highest BCUT2D eigenvalue weighted by atomic mass is 35.5. The van der Waals surface area contributed by atoms with Gasteiger partial charge in [0.2, 0.25) is 0 Å². The van der Waals surface area contributed by atoms with Crippen molar-refractivity contribution in [3.63, 3.8) is 0 Å². The molecule has 1 rings (SSSR count). The lowest BCUT2D eigenvalue weighted by atomic mass is 10.1. The number of ether oxygens (including phenoxy) is 1. The molecule has 0 saturated carbocycles. The molecule has 1 aromatic carbocycles. The van der Waals surface area contributed by atoms with E-state index >= 15 is 0 Å². The molecule has 0 amide bonds. The molecule has 0 radical (unpaired) electrons. The van der Waals surface area contributed by atoms with E-state index in [9.17, 15) is 9.50 Å². The largest absolute Gasteiger partial charge is 0.488 e. The third-order valence-electron chi connectivity index (χ3n) is 1.92. The Bertz CT molecular complexity index is 392. The Morgan fingerprint density at radius 3 is 2.81 bits per heavy atom. The van der Waals surface area contributed by atoms with Gasteiger partial charge in [0.25, 0.3) is 0 Å². The van der Waals surface area contributed by atoms with Crippen LogP contribution in [0.15, 0.2) is 28.8 Å². The van der Waals surface area contributed by atoms with Crippen molar-refractivity contribution in [2.45, 2.75) is 13.0 Å². The van der Waals surface area contributed by atoms with Crippen LogP contribution in [0.5, 0.6) is 5.75 Å². The molecule has 1 atom stereocenters. The summed E-state index contributed by atoms with van der Waals surface area (Å²) in [5.74, 6) is -0.183. The normalized spacial score (nSPS) is 13.7. The highest BCUT2D eigenvalue weighted by molar-refractivity contribution is 6.36. The minimum atomic E-state index is -0.847. The molecule has 0 aromatic heterocycles. The summed E-state index contributed by atoms with van der Waals surface area (Å²) in [6, 6.07) is 4.22. The van der Waals surface area contributed by atoms with E-state index in [1.165, 1.54) is 24.6 Å². The summed E-state index contributed by atoms with van der Waals surface area (Å²) in [5, 5.41) is 9.54. The molecule has 0 aliphatic heterocycles. The van der Waals surface area contributed by atoms with Crippen LogP contribution in [0.3, 0.4) is 0 Å². The van der Waals surface area contributed by atoms with Crippen molar-refractivity contribution < 1.29 is 14.2 Å². The Morgan fingerprint density at radius 2 is 2.31 bits per heavy atom. The van der Waals surface area contributed by atoms with Crippen LogP contribution in [0.4, 0.5) is 4.39 Å². The van der Waals surface area contributed by atoms with Gasteiger partial charge in [-0.05, 0) is 19.1 Å². The van der Waals surface area contributed by atoms with Gasteiger partial charge in [-0.1, -0.05) is 23.2 Å². The topological polar surface area (TPSA) is 29.5 Å². The van der Waals surface area contributed by atoms with Gasteiger partial charge in [-0.3, -0.25) is 0 Å². The molecule has 5 heteroatoms. The fourth-order valence-corrected chi connectivity index (χ4v) is 1.24. The first-order chi connectivity index (χ1) is 7.54. The number of halogens is 3. The Hall–Kier alpha value is -0.770. The van der Waals surface area contributed by atoms with E-state index in [4.69, 9.17) is 27.9 Å². The lowest BCUT2D eigenvalue weighted by Crippen LogP contribution is -2.00. The van der Waals surface area contributed by atoms with Crippen LogP contribution in [0.2, 0.25) is 0 Å². The van der Waals surface area contributed by atoms with Crippen LogP contribution in [-0.2, 0) is 0 Å². The van der Waals surface area contributed by atoms with Gasteiger partial charge in [0.05, 0.1) is 11.1 Å². The Labute approximate surface area is 103 Å². The SMILES string of the molecule is C[C@H](O)c1ccc(OC/C(Cl)=C/Cl)cc1F. The second kappa shape index (κ2) is 6.09. The molecule has 1 N–H and O–H groups in total. The minimum Gasteiger partial charge on any atom is -0.488 e. The molecule has 0 unspecified atom stereocenters. The Kier molecular flexibility index (Phi) is 5.06. The molecule has 16 heavy (non-hydrogen) atoms. The van der Waals surface area contributed by atoms with E-state index < -0.39 is 11.9 Å². The molecule has 0 spiro atoms. The molecule has 0 fully saturated rings. The maximum atomic E-state index is 13.4. The second-order valence-electron chi connectivity index (χ2n) is 3.20. The predicted molar refractivity (Wildman–Crippen MR) is 62.3 cm³/mol. The predicted octanol–water partition coefficient (Wildman–Crippen LogP) is 3.58. The Morgan fingerprint density at radius 1 is 1.62 bits per heavy atom. The van der Waals surface area contributed by atoms with Crippen molar-refractivity contribution in [1.29, 1.82) is 0 Å². The smallest absolute Gasteiger partial charge is 0.132 e. The molecule has 0 aliphatic carbocycles. The van der Waals surface area contributed by atoms with Crippen molar-refractivity contribution >= 4 is 23.2 Å². The van der Waals surface area contributed by atoms with E-state index in [1.54, 1.807) is 6.07 Å². The summed E-state index contributed by atoms with van der Waals surface area (Å²) in [7, 11) is 0. The average molecular weight is 265 g/mol. The highest BCUT2D eigenvalue weighted by Crippen LogP contribution is 2.22. The zero-order chi connectivity index (χ0) is 12.1. The molecule has 0 saturated heterocycles. The van der Waals surface area contributed by atoms with E-state index in [0.717, 1.165) is 0 Å². The van der Waals surface area contributed by atoms with Gasteiger partial charge in [0.1, 0.15) is 18.2 Å². The highest BCUT2D eigenvalue weighted by Gasteiger charge is 2.09. The number of aliphatic hydroxyl groups excluding tert-OH is 1. The van der Waals surface area contributed by atoms with Crippen LogP contribution in [0.25, 0.3) is 0 Å². The fraction of sp³-hybridized carbons (Fsp3) is 0.273. The minimum absolute atomic E-state index is 0.0819. The maximum absolute atomic E-state index is 13.4.